The van der Waals surface area contributed by atoms with Gasteiger partial charge in [0.1, 0.15) is 0 Å². The van der Waals surface area contributed by atoms with Gasteiger partial charge in [-0.05, 0) is 42.0 Å². The molecule has 0 saturated carbocycles. The minimum absolute atomic E-state index is 0.303. The van der Waals surface area contributed by atoms with Gasteiger partial charge in [-0.2, -0.15) is 17.5 Å². The molecular formula is C15H15F3N2O2S2. The molecule has 0 aliphatic carbocycles. The molecule has 2 aromatic rings. The molecule has 1 atom stereocenters. The number of pyridine rings is 1. The van der Waals surface area contributed by atoms with Gasteiger partial charge in [-0.3, -0.25) is 0 Å². The Balaban J connectivity index is 1.96. The Hall–Kier alpha value is -1.45. The minimum atomic E-state index is -4.54. The molecule has 3 rings (SSSR count). The van der Waals surface area contributed by atoms with Crippen LogP contribution in [0.1, 0.15) is 35.4 Å². The van der Waals surface area contributed by atoms with Crippen molar-refractivity contribution in [3.05, 3.63) is 45.8 Å². The summed E-state index contributed by atoms with van der Waals surface area (Å²) < 4.78 is 64.9. The van der Waals surface area contributed by atoms with Crippen molar-refractivity contribution in [2.75, 3.05) is 6.54 Å². The zero-order valence-corrected chi connectivity index (χ0v) is 14.4. The third-order valence-electron chi connectivity index (χ3n) is 4.07. The Kier molecular flexibility index (Phi) is 4.43. The van der Waals surface area contributed by atoms with E-state index in [9.17, 15) is 21.6 Å². The summed E-state index contributed by atoms with van der Waals surface area (Å²) in [6.07, 6.45) is -2.79. The summed E-state index contributed by atoms with van der Waals surface area (Å²) in [6, 6.07) is 3.28. The number of aromatic nitrogens is 1. The van der Waals surface area contributed by atoms with E-state index in [4.69, 9.17) is 0 Å². The van der Waals surface area contributed by atoms with Crippen molar-refractivity contribution < 1.29 is 21.6 Å². The van der Waals surface area contributed by atoms with E-state index in [0.717, 1.165) is 22.6 Å². The summed E-state index contributed by atoms with van der Waals surface area (Å²) in [5.74, 6) is 0. The Bertz CT molecular complexity index is 829. The number of sulfonamides is 1. The highest BCUT2D eigenvalue weighted by Gasteiger charge is 2.37. The van der Waals surface area contributed by atoms with Crippen LogP contribution in [-0.4, -0.2) is 24.3 Å². The largest absolute Gasteiger partial charge is 0.417 e. The molecular weight excluding hydrogens is 361 g/mol. The molecule has 2 aromatic heterocycles. The molecule has 130 valence electrons. The Morgan fingerprint density at radius 1 is 1.33 bits per heavy atom. The summed E-state index contributed by atoms with van der Waals surface area (Å²) in [5, 5.41) is 1.58. The van der Waals surface area contributed by atoms with Crippen LogP contribution in [0.2, 0.25) is 0 Å². The highest BCUT2D eigenvalue weighted by atomic mass is 32.2. The average molecular weight is 376 g/mol. The van der Waals surface area contributed by atoms with E-state index in [1.54, 1.807) is 11.3 Å². The molecule has 0 amide bonds. The van der Waals surface area contributed by atoms with Crippen LogP contribution in [0.15, 0.2) is 34.8 Å². The van der Waals surface area contributed by atoms with Crippen molar-refractivity contribution in [3.63, 3.8) is 0 Å². The van der Waals surface area contributed by atoms with Crippen LogP contribution in [0.25, 0.3) is 0 Å². The van der Waals surface area contributed by atoms with E-state index >= 15 is 0 Å². The first-order valence-corrected chi connectivity index (χ1v) is 9.68. The molecule has 1 aliphatic rings. The van der Waals surface area contributed by atoms with Gasteiger partial charge in [0, 0.05) is 17.6 Å². The van der Waals surface area contributed by atoms with Gasteiger partial charge in [0.25, 0.3) is 10.0 Å². The van der Waals surface area contributed by atoms with Crippen LogP contribution < -0.4 is 0 Å². The maximum atomic E-state index is 12.8. The molecule has 1 aliphatic heterocycles. The fourth-order valence-electron chi connectivity index (χ4n) is 2.91. The molecule has 0 unspecified atom stereocenters. The van der Waals surface area contributed by atoms with E-state index < -0.39 is 21.8 Å². The Morgan fingerprint density at radius 3 is 2.67 bits per heavy atom. The normalized spacial score (nSPS) is 19.2. The summed E-state index contributed by atoms with van der Waals surface area (Å²) in [6.45, 7) is 2.19. The Labute approximate surface area is 142 Å². The number of rotatable bonds is 3. The number of hydrogen-bond acceptors (Lipinski definition) is 4. The highest BCUT2D eigenvalue weighted by molar-refractivity contribution is 7.89. The lowest BCUT2D eigenvalue weighted by Crippen LogP contribution is -2.39. The standard InChI is InChI=1S/C15H15F3N2O2S2/c1-2-12-11-6-8-23-13(11)5-7-20(12)24(21,22)14-4-3-10(9-19-14)15(16,17)18/h3-4,6,8-9,12H,2,5,7H2,1H3/t12-/m1/s1. The zero-order chi connectivity index (χ0) is 17.5. The summed E-state index contributed by atoms with van der Waals surface area (Å²) in [5.41, 5.74) is 0.0106. The molecule has 4 nitrogen and oxygen atoms in total. The van der Waals surface area contributed by atoms with Gasteiger partial charge in [-0.25, -0.2) is 13.4 Å². The van der Waals surface area contributed by atoms with Crippen molar-refractivity contribution in [1.29, 1.82) is 0 Å². The van der Waals surface area contributed by atoms with E-state index in [-0.39, 0.29) is 11.1 Å². The van der Waals surface area contributed by atoms with Crippen LogP contribution in [0.4, 0.5) is 13.2 Å². The van der Waals surface area contributed by atoms with Crippen molar-refractivity contribution in [2.24, 2.45) is 0 Å². The van der Waals surface area contributed by atoms with Crippen LogP contribution >= 0.6 is 11.3 Å². The van der Waals surface area contributed by atoms with Crippen LogP contribution in [0, 0.1) is 0 Å². The molecule has 0 radical (unpaired) electrons. The molecule has 0 aromatic carbocycles. The first-order chi connectivity index (χ1) is 11.2. The van der Waals surface area contributed by atoms with Crippen molar-refractivity contribution in [1.82, 2.24) is 9.29 Å². The summed E-state index contributed by atoms with van der Waals surface area (Å²) in [7, 11) is -3.95. The molecule has 0 saturated heterocycles. The quantitative estimate of drug-likeness (QED) is 0.817. The SMILES string of the molecule is CC[C@@H]1c2ccsc2CCN1S(=O)(=O)c1ccc(C(F)(F)F)cn1. The predicted molar refractivity (Wildman–Crippen MR) is 84.2 cm³/mol. The minimum Gasteiger partial charge on any atom is -0.243 e. The van der Waals surface area contributed by atoms with Crippen LogP contribution in [0.5, 0.6) is 0 Å². The van der Waals surface area contributed by atoms with Crippen molar-refractivity contribution in [3.8, 4) is 0 Å². The molecule has 3 heterocycles. The molecule has 24 heavy (non-hydrogen) atoms. The van der Waals surface area contributed by atoms with Gasteiger partial charge in [0.2, 0.25) is 0 Å². The second-order valence-corrected chi connectivity index (χ2v) is 8.31. The first kappa shape index (κ1) is 17.4. The maximum absolute atomic E-state index is 12.8. The summed E-state index contributed by atoms with van der Waals surface area (Å²) in [4.78, 5) is 4.72. The summed E-state index contributed by atoms with van der Waals surface area (Å²) >= 11 is 1.60. The maximum Gasteiger partial charge on any atom is 0.417 e. The van der Waals surface area contributed by atoms with Gasteiger partial charge < -0.3 is 0 Å². The van der Waals surface area contributed by atoms with Crippen molar-refractivity contribution in [2.45, 2.75) is 37.0 Å². The third kappa shape index (κ3) is 2.96. The van der Waals surface area contributed by atoms with Crippen molar-refractivity contribution >= 4 is 21.4 Å². The fraction of sp³-hybridized carbons (Fsp3) is 0.400. The lowest BCUT2D eigenvalue weighted by Gasteiger charge is -2.34. The van der Waals surface area contributed by atoms with Gasteiger partial charge in [0.05, 0.1) is 11.6 Å². The number of halogens is 3. The molecule has 0 N–H and O–H groups in total. The van der Waals surface area contributed by atoms with E-state index in [1.807, 2.05) is 18.4 Å². The van der Waals surface area contributed by atoms with Gasteiger partial charge in [0.15, 0.2) is 5.03 Å². The smallest absolute Gasteiger partial charge is 0.243 e. The molecule has 0 fully saturated rings. The van der Waals surface area contributed by atoms with Gasteiger partial charge in [-0.15, -0.1) is 11.3 Å². The predicted octanol–water partition coefficient (Wildman–Crippen LogP) is 3.86. The molecule has 0 spiro atoms. The lowest BCUT2D eigenvalue weighted by atomic mass is 10.0. The number of alkyl halides is 3. The number of nitrogens with zero attached hydrogens (tertiary/aromatic N) is 2. The second-order valence-electron chi connectivity index (χ2n) is 5.47. The topological polar surface area (TPSA) is 50.3 Å². The second kappa shape index (κ2) is 6.12. The molecule has 9 heteroatoms. The number of thiophene rings is 1. The zero-order valence-electron chi connectivity index (χ0n) is 12.7. The highest BCUT2D eigenvalue weighted by Crippen LogP contribution is 2.38. The van der Waals surface area contributed by atoms with Gasteiger partial charge >= 0.3 is 6.18 Å². The number of fused-ring (bicyclic) bond motifs is 1. The third-order valence-corrected chi connectivity index (χ3v) is 6.89. The van der Waals surface area contributed by atoms with E-state index in [2.05, 4.69) is 4.98 Å². The first-order valence-electron chi connectivity index (χ1n) is 7.36. The molecule has 0 bridgehead atoms. The lowest BCUT2D eigenvalue weighted by molar-refractivity contribution is -0.137. The average Bonchev–Trinajstić information content (AvgIpc) is 3.01. The van der Waals surface area contributed by atoms with Crippen LogP contribution in [-0.2, 0) is 22.6 Å². The van der Waals surface area contributed by atoms with Crippen LogP contribution in [0.3, 0.4) is 0 Å². The Morgan fingerprint density at radius 2 is 2.08 bits per heavy atom. The fourth-order valence-corrected chi connectivity index (χ4v) is 5.43. The van der Waals surface area contributed by atoms with E-state index in [1.165, 1.54) is 4.31 Å². The monoisotopic (exact) mass is 376 g/mol. The van der Waals surface area contributed by atoms with Gasteiger partial charge in [-0.1, -0.05) is 6.92 Å². The number of hydrogen-bond donors (Lipinski definition) is 0. The van der Waals surface area contributed by atoms with E-state index in [0.29, 0.717) is 25.6 Å².